The summed E-state index contributed by atoms with van der Waals surface area (Å²) in [4.78, 5) is 11.5. The molecule has 0 saturated heterocycles. The minimum Gasteiger partial charge on any atom is -0.459 e. The Morgan fingerprint density at radius 1 is 1.18 bits per heavy atom. The van der Waals surface area contributed by atoms with Gasteiger partial charge in [-0.3, -0.25) is 4.79 Å². The van der Waals surface area contributed by atoms with Crippen LogP contribution in [0.2, 0.25) is 10.0 Å². The fourth-order valence-electron chi connectivity index (χ4n) is 1.62. The first kappa shape index (κ1) is 16.8. The SMILES string of the molecule is O=C(NCCNS(=O)(=O)c1cc(Cl)ccc1Cl)c1ccco1. The molecule has 0 aliphatic heterocycles. The van der Waals surface area contributed by atoms with Crippen molar-refractivity contribution in [3.05, 3.63) is 52.4 Å². The number of rotatable bonds is 6. The number of benzene rings is 1. The van der Waals surface area contributed by atoms with E-state index in [1.807, 2.05) is 0 Å². The number of halogens is 2. The molecule has 0 atom stereocenters. The first-order chi connectivity index (χ1) is 10.4. The van der Waals surface area contributed by atoms with Crippen LogP contribution in [0.5, 0.6) is 0 Å². The summed E-state index contributed by atoms with van der Waals surface area (Å²) in [5.41, 5.74) is 0. The van der Waals surface area contributed by atoms with Crippen LogP contribution in [0.3, 0.4) is 0 Å². The lowest BCUT2D eigenvalue weighted by Crippen LogP contribution is -2.34. The van der Waals surface area contributed by atoms with Gasteiger partial charge in [-0.25, -0.2) is 13.1 Å². The third kappa shape index (κ3) is 4.23. The average molecular weight is 363 g/mol. The third-order valence-electron chi connectivity index (χ3n) is 2.63. The van der Waals surface area contributed by atoms with Gasteiger partial charge in [0, 0.05) is 18.1 Å². The largest absolute Gasteiger partial charge is 0.459 e. The molecular formula is C13H12Cl2N2O4S. The van der Waals surface area contributed by atoms with Crippen LogP contribution in [0.4, 0.5) is 0 Å². The highest BCUT2D eigenvalue weighted by Crippen LogP contribution is 2.24. The van der Waals surface area contributed by atoms with Crippen molar-refractivity contribution in [2.45, 2.75) is 4.90 Å². The van der Waals surface area contributed by atoms with Crippen molar-refractivity contribution >= 4 is 39.1 Å². The predicted octanol–water partition coefficient (Wildman–Crippen LogP) is 2.29. The Morgan fingerprint density at radius 2 is 1.95 bits per heavy atom. The molecule has 0 aliphatic rings. The summed E-state index contributed by atoms with van der Waals surface area (Å²) in [6, 6.07) is 7.24. The van der Waals surface area contributed by atoms with Gasteiger partial charge in [0.1, 0.15) is 4.90 Å². The van der Waals surface area contributed by atoms with Crippen LogP contribution in [0.1, 0.15) is 10.6 Å². The molecule has 118 valence electrons. The summed E-state index contributed by atoms with van der Waals surface area (Å²) in [6.07, 6.45) is 1.37. The fourth-order valence-corrected chi connectivity index (χ4v) is 3.41. The Labute approximate surface area is 137 Å². The molecule has 2 N–H and O–H groups in total. The van der Waals surface area contributed by atoms with Gasteiger partial charge in [0.2, 0.25) is 10.0 Å². The Hall–Kier alpha value is -1.54. The molecule has 2 rings (SSSR count). The number of hydrogen-bond donors (Lipinski definition) is 2. The van der Waals surface area contributed by atoms with Gasteiger partial charge in [0.25, 0.3) is 5.91 Å². The highest BCUT2D eigenvalue weighted by Gasteiger charge is 2.18. The van der Waals surface area contributed by atoms with Gasteiger partial charge in [0.15, 0.2) is 5.76 Å². The molecule has 0 bridgehead atoms. The van der Waals surface area contributed by atoms with Crippen molar-refractivity contribution < 1.29 is 17.6 Å². The zero-order valence-electron chi connectivity index (χ0n) is 11.2. The van der Waals surface area contributed by atoms with E-state index in [1.54, 1.807) is 6.07 Å². The van der Waals surface area contributed by atoms with Crippen LogP contribution in [0, 0.1) is 0 Å². The summed E-state index contributed by atoms with van der Waals surface area (Å²) in [5, 5.41) is 2.84. The average Bonchev–Trinajstić information content (AvgIpc) is 3.00. The molecule has 0 fully saturated rings. The second-order valence-corrected chi connectivity index (χ2v) is 6.78. The molecule has 1 aromatic heterocycles. The Morgan fingerprint density at radius 3 is 2.64 bits per heavy atom. The van der Waals surface area contributed by atoms with E-state index < -0.39 is 15.9 Å². The van der Waals surface area contributed by atoms with E-state index in [4.69, 9.17) is 27.6 Å². The molecule has 0 radical (unpaired) electrons. The van der Waals surface area contributed by atoms with Gasteiger partial charge in [-0.2, -0.15) is 0 Å². The number of furan rings is 1. The van der Waals surface area contributed by atoms with Crippen LogP contribution < -0.4 is 10.0 Å². The minimum atomic E-state index is -3.81. The first-order valence-corrected chi connectivity index (χ1v) is 8.40. The number of sulfonamides is 1. The highest BCUT2D eigenvalue weighted by atomic mass is 35.5. The van der Waals surface area contributed by atoms with E-state index in [0.29, 0.717) is 0 Å². The first-order valence-electron chi connectivity index (χ1n) is 6.16. The zero-order valence-corrected chi connectivity index (χ0v) is 13.5. The van der Waals surface area contributed by atoms with Crippen LogP contribution in [0.15, 0.2) is 45.9 Å². The lowest BCUT2D eigenvalue weighted by atomic mass is 10.4. The number of carbonyl (C=O) groups excluding carboxylic acids is 1. The number of hydrogen-bond acceptors (Lipinski definition) is 4. The fraction of sp³-hybridized carbons (Fsp3) is 0.154. The summed E-state index contributed by atoms with van der Waals surface area (Å²) in [6.45, 7) is 0.0918. The molecule has 2 aromatic rings. The summed E-state index contributed by atoms with van der Waals surface area (Å²) in [7, 11) is -3.81. The molecule has 0 unspecified atom stereocenters. The topological polar surface area (TPSA) is 88.4 Å². The Kier molecular flexibility index (Phi) is 5.47. The maximum Gasteiger partial charge on any atom is 0.287 e. The molecule has 9 heteroatoms. The second kappa shape index (κ2) is 7.15. The van der Waals surface area contributed by atoms with Crippen molar-refractivity contribution in [3.63, 3.8) is 0 Å². The minimum absolute atomic E-state index is 0.00236. The van der Waals surface area contributed by atoms with Gasteiger partial charge in [-0.15, -0.1) is 0 Å². The van der Waals surface area contributed by atoms with E-state index in [2.05, 4.69) is 10.0 Å². The van der Waals surface area contributed by atoms with Crippen molar-refractivity contribution in [2.24, 2.45) is 0 Å². The van der Waals surface area contributed by atoms with Crippen LogP contribution in [0.25, 0.3) is 0 Å². The van der Waals surface area contributed by atoms with Gasteiger partial charge in [-0.05, 0) is 30.3 Å². The second-order valence-electron chi connectivity index (χ2n) is 4.21. The lowest BCUT2D eigenvalue weighted by molar-refractivity contribution is 0.0926. The Balaban J connectivity index is 1.90. The third-order valence-corrected chi connectivity index (χ3v) is 4.81. The molecule has 0 saturated carbocycles. The smallest absolute Gasteiger partial charge is 0.287 e. The zero-order chi connectivity index (χ0) is 16.2. The van der Waals surface area contributed by atoms with Gasteiger partial charge in [0.05, 0.1) is 11.3 Å². The van der Waals surface area contributed by atoms with Crippen molar-refractivity contribution in [3.8, 4) is 0 Å². The Bertz CT molecular complexity index is 760. The van der Waals surface area contributed by atoms with Crippen LogP contribution >= 0.6 is 23.2 Å². The molecule has 22 heavy (non-hydrogen) atoms. The number of amides is 1. The monoisotopic (exact) mass is 362 g/mol. The number of carbonyl (C=O) groups is 1. The maximum atomic E-state index is 12.1. The van der Waals surface area contributed by atoms with Gasteiger partial charge >= 0.3 is 0 Å². The van der Waals surface area contributed by atoms with E-state index in [0.717, 1.165) is 0 Å². The van der Waals surface area contributed by atoms with E-state index in [-0.39, 0.29) is 33.8 Å². The highest BCUT2D eigenvalue weighted by molar-refractivity contribution is 7.89. The van der Waals surface area contributed by atoms with Crippen LogP contribution in [-0.4, -0.2) is 27.4 Å². The summed E-state index contributed by atoms with van der Waals surface area (Å²) >= 11 is 11.6. The molecule has 1 aromatic carbocycles. The maximum absolute atomic E-state index is 12.1. The van der Waals surface area contributed by atoms with Crippen molar-refractivity contribution in [2.75, 3.05) is 13.1 Å². The molecule has 1 amide bonds. The van der Waals surface area contributed by atoms with E-state index in [9.17, 15) is 13.2 Å². The van der Waals surface area contributed by atoms with Gasteiger partial charge in [-0.1, -0.05) is 23.2 Å². The number of nitrogens with one attached hydrogen (secondary N) is 2. The van der Waals surface area contributed by atoms with E-state index >= 15 is 0 Å². The molecule has 6 nitrogen and oxygen atoms in total. The standard InChI is InChI=1S/C13H12Cl2N2O4S/c14-9-3-4-10(15)12(8-9)22(19,20)17-6-5-16-13(18)11-2-1-7-21-11/h1-4,7-8,17H,5-6H2,(H,16,18). The molecule has 0 spiro atoms. The van der Waals surface area contributed by atoms with Crippen LogP contribution in [-0.2, 0) is 10.0 Å². The lowest BCUT2D eigenvalue weighted by Gasteiger charge is -2.09. The quantitative estimate of drug-likeness (QED) is 0.771. The normalized spacial score (nSPS) is 11.4. The molecular weight excluding hydrogens is 351 g/mol. The summed E-state index contributed by atoms with van der Waals surface area (Å²) in [5.74, 6) is -0.272. The molecule has 1 heterocycles. The van der Waals surface area contributed by atoms with E-state index in [1.165, 1.54) is 30.5 Å². The molecule has 0 aliphatic carbocycles. The van der Waals surface area contributed by atoms with Gasteiger partial charge < -0.3 is 9.73 Å². The van der Waals surface area contributed by atoms with Crippen molar-refractivity contribution in [1.82, 2.24) is 10.0 Å². The van der Waals surface area contributed by atoms with Crippen molar-refractivity contribution in [1.29, 1.82) is 0 Å². The predicted molar refractivity (Wildman–Crippen MR) is 82.7 cm³/mol. The summed E-state index contributed by atoms with van der Waals surface area (Å²) < 4.78 is 31.4.